The van der Waals surface area contributed by atoms with Crippen LogP contribution in [-0.2, 0) is 0 Å². The van der Waals surface area contributed by atoms with Crippen molar-refractivity contribution in [1.82, 2.24) is 10.2 Å². The van der Waals surface area contributed by atoms with Gasteiger partial charge in [0.1, 0.15) is 0 Å². The number of allylic oxidation sites excluding steroid dienone is 4. The van der Waals surface area contributed by atoms with E-state index in [1.54, 1.807) is 0 Å². The van der Waals surface area contributed by atoms with Crippen LogP contribution in [0.25, 0.3) is 5.57 Å². The fourth-order valence-electron chi connectivity index (χ4n) is 0.911. The number of rotatable bonds is 3. The Bertz CT molecular complexity index is 268. The van der Waals surface area contributed by atoms with Crippen molar-refractivity contribution in [2.75, 3.05) is 0 Å². The summed E-state index contributed by atoms with van der Waals surface area (Å²) in [6.07, 6.45) is 11.1. The predicted molar refractivity (Wildman–Crippen MR) is 51.7 cm³/mol. The zero-order chi connectivity index (χ0) is 8.81. The summed E-state index contributed by atoms with van der Waals surface area (Å²) in [7, 11) is 0. The molecule has 0 spiro atoms. The van der Waals surface area contributed by atoms with Crippen LogP contribution in [0, 0.1) is 0 Å². The molecule has 0 amide bonds. The van der Waals surface area contributed by atoms with Crippen LogP contribution in [0.3, 0.4) is 0 Å². The normalized spacial score (nSPS) is 12.7. The first-order valence-electron chi connectivity index (χ1n) is 4.17. The minimum absolute atomic E-state index is 1.08. The molecule has 1 heterocycles. The third kappa shape index (κ3) is 2.38. The molecule has 1 rings (SSSR count). The van der Waals surface area contributed by atoms with E-state index in [1.165, 1.54) is 5.57 Å². The van der Waals surface area contributed by atoms with Crippen LogP contribution in [-0.4, -0.2) is 10.2 Å². The highest BCUT2D eigenvalue weighted by Gasteiger charge is 1.92. The van der Waals surface area contributed by atoms with Gasteiger partial charge in [-0.05, 0) is 18.9 Å². The zero-order valence-electron chi connectivity index (χ0n) is 7.54. The van der Waals surface area contributed by atoms with Crippen molar-refractivity contribution in [1.29, 1.82) is 0 Å². The number of nitrogens with zero attached hydrogens (tertiary/aromatic N) is 1. The molecule has 1 aromatic rings. The first-order chi connectivity index (χ1) is 5.84. The Labute approximate surface area is 73.0 Å². The molecule has 64 valence electrons. The standard InChI is InChI=1S/C10H14N2/c1-3-4-5-6-9(2)10-7-11-12-8-10/h4-8H,3H2,1-2H3,(H,11,12)/b5-4-,9-6+. The molecule has 2 nitrogen and oxygen atoms in total. The molecule has 0 atom stereocenters. The second kappa shape index (κ2) is 4.54. The Hall–Kier alpha value is -1.31. The molecule has 0 saturated heterocycles. The van der Waals surface area contributed by atoms with Gasteiger partial charge in [-0.3, -0.25) is 5.10 Å². The van der Waals surface area contributed by atoms with Gasteiger partial charge in [-0.2, -0.15) is 5.10 Å². The molecule has 1 aromatic heterocycles. The van der Waals surface area contributed by atoms with Crippen molar-refractivity contribution >= 4 is 5.57 Å². The highest BCUT2D eigenvalue weighted by atomic mass is 15.1. The van der Waals surface area contributed by atoms with Gasteiger partial charge >= 0.3 is 0 Å². The smallest absolute Gasteiger partial charge is 0.0562 e. The van der Waals surface area contributed by atoms with Crippen LogP contribution in [0.5, 0.6) is 0 Å². The largest absolute Gasteiger partial charge is 0.285 e. The SMILES string of the molecule is CC/C=C\C=C(/C)c1cn[nH]c1. The van der Waals surface area contributed by atoms with Gasteiger partial charge in [-0.1, -0.05) is 25.2 Å². The van der Waals surface area contributed by atoms with Gasteiger partial charge in [0.25, 0.3) is 0 Å². The topological polar surface area (TPSA) is 28.7 Å². The van der Waals surface area contributed by atoms with Gasteiger partial charge in [-0.15, -0.1) is 0 Å². The quantitative estimate of drug-likeness (QED) is 0.680. The summed E-state index contributed by atoms with van der Waals surface area (Å²) in [6.45, 7) is 4.20. The monoisotopic (exact) mass is 162 g/mol. The number of aromatic nitrogens is 2. The van der Waals surface area contributed by atoms with E-state index in [0.29, 0.717) is 0 Å². The zero-order valence-corrected chi connectivity index (χ0v) is 7.54. The van der Waals surface area contributed by atoms with Crippen LogP contribution < -0.4 is 0 Å². The van der Waals surface area contributed by atoms with Crippen LogP contribution in [0.1, 0.15) is 25.8 Å². The molecule has 0 bridgehead atoms. The van der Waals surface area contributed by atoms with Crippen molar-refractivity contribution < 1.29 is 0 Å². The Morgan fingerprint density at radius 1 is 1.67 bits per heavy atom. The van der Waals surface area contributed by atoms with Gasteiger partial charge in [0.05, 0.1) is 6.20 Å². The highest BCUT2D eigenvalue weighted by molar-refractivity contribution is 5.63. The first-order valence-corrected chi connectivity index (χ1v) is 4.17. The van der Waals surface area contributed by atoms with Crippen molar-refractivity contribution in [3.8, 4) is 0 Å². The number of hydrogen-bond donors (Lipinski definition) is 1. The maximum Gasteiger partial charge on any atom is 0.0562 e. The van der Waals surface area contributed by atoms with E-state index >= 15 is 0 Å². The third-order valence-electron chi connectivity index (χ3n) is 1.67. The Morgan fingerprint density at radius 3 is 3.08 bits per heavy atom. The van der Waals surface area contributed by atoms with E-state index < -0.39 is 0 Å². The molecule has 0 unspecified atom stereocenters. The molecular weight excluding hydrogens is 148 g/mol. The third-order valence-corrected chi connectivity index (χ3v) is 1.67. The van der Waals surface area contributed by atoms with E-state index in [-0.39, 0.29) is 0 Å². The second-order valence-corrected chi connectivity index (χ2v) is 2.67. The van der Waals surface area contributed by atoms with Crippen molar-refractivity contribution in [2.45, 2.75) is 20.3 Å². The van der Waals surface area contributed by atoms with Crippen LogP contribution >= 0.6 is 0 Å². The van der Waals surface area contributed by atoms with Gasteiger partial charge < -0.3 is 0 Å². The van der Waals surface area contributed by atoms with Crippen molar-refractivity contribution in [2.24, 2.45) is 0 Å². The minimum Gasteiger partial charge on any atom is -0.285 e. The van der Waals surface area contributed by atoms with Gasteiger partial charge in [0.15, 0.2) is 0 Å². The molecule has 1 N–H and O–H groups in total. The van der Waals surface area contributed by atoms with Crippen molar-refractivity contribution in [3.63, 3.8) is 0 Å². The summed E-state index contributed by atoms with van der Waals surface area (Å²) < 4.78 is 0. The van der Waals surface area contributed by atoms with E-state index in [9.17, 15) is 0 Å². The Morgan fingerprint density at radius 2 is 2.50 bits per heavy atom. The van der Waals surface area contributed by atoms with Gasteiger partial charge in [0, 0.05) is 11.8 Å². The number of H-pyrrole nitrogens is 1. The lowest BCUT2D eigenvalue weighted by atomic mass is 10.1. The molecule has 0 saturated carbocycles. The lowest BCUT2D eigenvalue weighted by molar-refractivity contribution is 1.09. The maximum absolute atomic E-state index is 3.88. The van der Waals surface area contributed by atoms with Crippen LogP contribution in [0.2, 0.25) is 0 Å². The number of hydrogen-bond acceptors (Lipinski definition) is 1. The summed E-state index contributed by atoms with van der Waals surface area (Å²) in [5.41, 5.74) is 2.38. The number of aromatic amines is 1. The molecule has 12 heavy (non-hydrogen) atoms. The summed E-state index contributed by atoms with van der Waals surface area (Å²) in [6, 6.07) is 0. The number of nitrogens with one attached hydrogen (secondary N) is 1. The lowest BCUT2D eigenvalue weighted by Gasteiger charge is -1.91. The van der Waals surface area contributed by atoms with Gasteiger partial charge in [-0.25, -0.2) is 0 Å². The summed E-state index contributed by atoms with van der Waals surface area (Å²) >= 11 is 0. The molecule has 0 aromatic carbocycles. The summed E-state index contributed by atoms with van der Waals surface area (Å²) in [5, 5.41) is 6.67. The second-order valence-electron chi connectivity index (χ2n) is 2.67. The molecule has 0 radical (unpaired) electrons. The fraction of sp³-hybridized carbons (Fsp3) is 0.300. The van der Waals surface area contributed by atoms with Crippen LogP contribution in [0.15, 0.2) is 30.6 Å². The van der Waals surface area contributed by atoms with E-state index in [0.717, 1.165) is 12.0 Å². The lowest BCUT2D eigenvalue weighted by Crippen LogP contribution is -1.71. The summed E-state index contributed by atoms with van der Waals surface area (Å²) in [5.74, 6) is 0. The maximum atomic E-state index is 3.88. The average Bonchev–Trinajstić information content (AvgIpc) is 2.56. The molecule has 0 fully saturated rings. The molecule has 0 aliphatic rings. The Kier molecular flexibility index (Phi) is 3.33. The van der Waals surface area contributed by atoms with E-state index in [4.69, 9.17) is 0 Å². The fourth-order valence-corrected chi connectivity index (χ4v) is 0.911. The minimum atomic E-state index is 1.08. The molecular formula is C10H14N2. The Balaban J connectivity index is 2.65. The van der Waals surface area contributed by atoms with Crippen LogP contribution in [0.4, 0.5) is 0 Å². The average molecular weight is 162 g/mol. The van der Waals surface area contributed by atoms with Crippen molar-refractivity contribution in [3.05, 3.63) is 36.2 Å². The predicted octanol–water partition coefficient (Wildman–Crippen LogP) is 2.78. The highest BCUT2D eigenvalue weighted by Crippen LogP contribution is 2.10. The van der Waals surface area contributed by atoms with E-state index in [2.05, 4.69) is 42.3 Å². The van der Waals surface area contributed by atoms with E-state index in [1.807, 2.05) is 12.4 Å². The molecule has 2 heteroatoms. The summed E-state index contributed by atoms with van der Waals surface area (Å²) in [4.78, 5) is 0. The molecule has 0 aliphatic carbocycles. The van der Waals surface area contributed by atoms with Gasteiger partial charge in [0.2, 0.25) is 0 Å². The first kappa shape index (κ1) is 8.78. The molecule has 0 aliphatic heterocycles.